The van der Waals surface area contributed by atoms with Crippen LogP contribution in [0.5, 0.6) is 0 Å². The van der Waals surface area contributed by atoms with Gasteiger partial charge in [0.1, 0.15) is 0 Å². The molecule has 2 aromatic rings. The summed E-state index contributed by atoms with van der Waals surface area (Å²) in [7, 11) is 0. The van der Waals surface area contributed by atoms with Crippen molar-refractivity contribution in [3.8, 4) is 0 Å². The molecule has 6 heteroatoms. The lowest BCUT2D eigenvalue weighted by Gasteiger charge is -2.05. The molecule has 1 aromatic heterocycles. The van der Waals surface area contributed by atoms with E-state index < -0.39 is 0 Å². The van der Waals surface area contributed by atoms with Crippen LogP contribution in [-0.2, 0) is 0 Å². The van der Waals surface area contributed by atoms with E-state index >= 15 is 0 Å². The van der Waals surface area contributed by atoms with Gasteiger partial charge in [-0.1, -0.05) is 15.9 Å². The van der Waals surface area contributed by atoms with Crippen LogP contribution in [0.25, 0.3) is 0 Å². The van der Waals surface area contributed by atoms with Crippen molar-refractivity contribution in [2.24, 2.45) is 0 Å². The maximum Gasteiger partial charge on any atom is 0.257 e. The smallest absolute Gasteiger partial charge is 0.257 e. The highest BCUT2D eigenvalue weighted by Crippen LogP contribution is 2.19. The van der Waals surface area contributed by atoms with E-state index in [0.717, 1.165) is 4.47 Å². The lowest BCUT2D eigenvalue weighted by molar-refractivity contribution is 0.102. The van der Waals surface area contributed by atoms with Crippen LogP contribution in [0.1, 0.15) is 10.4 Å². The number of carbonyl (C=O) groups is 1. The molecule has 0 bridgehead atoms. The summed E-state index contributed by atoms with van der Waals surface area (Å²) in [5.74, 6) is -0.258. The number of rotatable bonds is 2. The molecule has 0 spiro atoms. The number of carbonyl (C=O) groups excluding carboxylic acids is 1. The molecule has 82 valence electrons. The van der Waals surface area contributed by atoms with Crippen molar-refractivity contribution in [1.82, 2.24) is 10.2 Å². The maximum atomic E-state index is 11.8. The van der Waals surface area contributed by atoms with Gasteiger partial charge in [0.25, 0.3) is 5.91 Å². The third-order valence-electron chi connectivity index (χ3n) is 2.01. The molecular formula is C10H9BrN4O. The molecule has 2 rings (SSSR count). The average molecular weight is 281 g/mol. The SMILES string of the molecule is Nc1cc(Br)ccc1C(=O)Nc1cn[nH]c1. The number of hydrogen-bond donors (Lipinski definition) is 3. The van der Waals surface area contributed by atoms with E-state index in [4.69, 9.17) is 5.73 Å². The molecule has 0 saturated carbocycles. The molecule has 1 amide bonds. The monoisotopic (exact) mass is 280 g/mol. The molecule has 0 aliphatic heterocycles. The van der Waals surface area contributed by atoms with Crippen molar-refractivity contribution in [2.45, 2.75) is 0 Å². The summed E-state index contributed by atoms with van der Waals surface area (Å²) < 4.78 is 0.838. The Hall–Kier alpha value is -1.82. The fraction of sp³-hybridized carbons (Fsp3) is 0. The Morgan fingerprint density at radius 2 is 2.31 bits per heavy atom. The first-order valence-corrected chi connectivity index (χ1v) is 5.31. The summed E-state index contributed by atoms with van der Waals surface area (Å²) >= 11 is 3.28. The van der Waals surface area contributed by atoms with Gasteiger partial charge in [0, 0.05) is 16.4 Å². The van der Waals surface area contributed by atoms with Gasteiger partial charge < -0.3 is 11.1 Å². The van der Waals surface area contributed by atoms with E-state index in [1.807, 2.05) is 0 Å². The third-order valence-corrected chi connectivity index (χ3v) is 2.51. The van der Waals surface area contributed by atoms with E-state index in [1.54, 1.807) is 24.4 Å². The molecule has 16 heavy (non-hydrogen) atoms. The zero-order valence-corrected chi connectivity index (χ0v) is 9.78. The first-order valence-electron chi connectivity index (χ1n) is 4.52. The molecule has 0 aliphatic rings. The zero-order chi connectivity index (χ0) is 11.5. The number of nitrogens with two attached hydrogens (primary N) is 1. The molecule has 0 fully saturated rings. The largest absolute Gasteiger partial charge is 0.398 e. The van der Waals surface area contributed by atoms with Crippen molar-refractivity contribution in [2.75, 3.05) is 11.1 Å². The summed E-state index contributed by atoms with van der Waals surface area (Å²) in [5.41, 5.74) is 7.20. The van der Waals surface area contributed by atoms with Crippen LogP contribution in [0, 0.1) is 0 Å². The number of aromatic amines is 1. The van der Waals surface area contributed by atoms with Crippen LogP contribution < -0.4 is 11.1 Å². The van der Waals surface area contributed by atoms with E-state index in [1.165, 1.54) is 6.20 Å². The molecule has 1 aromatic carbocycles. The maximum absolute atomic E-state index is 11.8. The van der Waals surface area contributed by atoms with Crippen molar-refractivity contribution >= 4 is 33.2 Å². The fourth-order valence-corrected chi connectivity index (χ4v) is 1.64. The minimum Gasteiger partial charge on any atom is -0.398 e. The first kappa shape index (κ1) is 10.7. The second-order valence-corrected chi connectivity index (χ2v) is 4.09. The second kappa shape index (κ2) is 4.36. The zero-order valence-electron chi connectivity index (χ0n) is 8.20. The molecule has 0 radical (unpaired) electrons. The van der Waals surface area contributed by atoms with Gasteiger partial charge in [-0.05, 0) is 18.2 Å². The van der Waals surface area contributed by atoms with Gasteiger partial charge in [-0.2, -0.15) is 5.10 Å². The number of hydrogen-bond acceptors (Lipinski definition) is 3. The predicted octanol–water partition coefficient (Wildman–Crippen LogP) is 2.01. The van der Waals surface area contributed by atoms with E-state index in [9.17, 15) is 4.79 Å². The Balaban J connectivity index is 2.21. The van der Waals surface area contributed by atoms with Gasteiger partial charge in [0.05, 0.1) is 17.4 Å². The second-order valence-electron chi connectivity index (χ2n) is 3.17. The van der Waals surface area contributed by atoms with Crippen molar-refractivity contribution < 1.29 is 4.79 Å². The first-order chi connectivity index (χ1) is 7.66. The van der Waals surface area contributed by atoms with Gasteiger partial charge >= 0.3 is 0 Å². The lowest BCUT2D eigenvalue weighted by Crippen LogP contribution is -2.13. The van der Waals surface area contributed by atoms with Gasteiger partial charge in [0.15, 0.2) is 0 Å². The average Bonchev–Trinajstić information content (AvgIpc) is 2.70. The van der Waals surface area contributed by atoms with Crippen LogP contribution >= 0.6 is 15.9 Å². The number of amides is 1. The Labute approximate surface area is 100 Å². The number of nitrogen functional groups attached to an aromatic ring is 1. The van der Waals surface area contributed by atoms with Gasteiger partial charge in [-0.25, -0.2) is 0 Å². The summed E-state index contributed by atoms with van der Waals surface area (Å²) in [5, 5.41) is 9.00. The van der Waals surface area contributed by atoms with Gasteiger partial charge in [-0.3, -0.25) is 9.89 Å². The number of anilines is 2. The van der Waals surface area contributed by atoms with Crippen LogP contribution in [0.15, 0.2) is 35.1 Å². The van der Waals surface area contributed by atoms with Gasteiger partial charge in [0.2, 0.25) is 0 Å². The van der Waals surface area contributed by atoms with Crippen molar-refractivity contribution in [1.29, 1.82) is 0 Å². The van der Waals surface area contributed by atoms with Crippen LogP contribution in [0.2, 0.25) is 0 Å². The van der Waals surface area contributed by atoms with Crippen molar-refractivity contribution in [3.63, 3.8) is 0 Å². The minimum absolute atomic E-state index is 0.258. The summed E-state index contributed by atoms with van der Waals surface area (Å²) in [6.07, 6.45) is 3.11. The van der Waals surface area contributed by atoms with E-state index in [-0.39, 0.29) is 5.91 Å². The van der Waals surface area contributed by atoms with E-state index in [0.29, 0.717) is 16.9 Å². The highest BCUT2D eigenvalue weighted by molar-refractivity contribution is 9.10. The number of aromatic nitrogens is 2. The molecule has 1 heterocycles. The Morgan fingerprint density at radius 1 is 1.50 bits per heavy atom. The van der Waals surface area contributed by atoms with Gasteiger partial charge in [-0.15, -0.1) is 0 Å². The molecule has 4 N–H and O–H groups in total. The number of nitrogens with one attached hydrogen (secondary N) is 2. The Morgan fingerprint density at radius 3 is 2.94 bits per heavy atom. The molecule has 5 nitrogen and oxygen atoms in total. The molecular weight excluding hydrogens is 272 g/mol. The quantitative estimate of drug-likeness (QED) is 0.736. The lowest BCUT2D eigenvalue weighted by atomic mass is 10.1. The number of benzene rings is 1. The number of halogens is 1. The van der Waals surface area contributed by atoms with Crippen LogP contribution in [0.3, 0.4) is 0 Å². The van der Waals surface area contributed by atoms with Crippen LogP contribution in [-0.4, -0.2) is 16.1 Å². The standard InChI is InChI=1S/C10H9BrN4O/c11-6-1-2-8(9(12)3-6)10(16)15-7-4-13-14-5-7/h1-5H,12H2,(H,13,14)(H,15,16). The van der Waals surface area contributed by atoms with Crippen LogP contribution in [0.4, 0.5) is 11.4 Å². The molecule has 0 aliphatic carbocycles. The summed E-state index contributed by atoms with van der Waals surface area (Å²) in [6, 6.07) is 5.11. The Bertz CT molecular complexity index is 510. The Kier molecular flexibility index (Phi) is 2.91. The summed E-state index contributed by atoms with van der Waals surface area (Å²) in [6.45, 7) is 0. The highest BCUT2D eigenvalue weighted by atomic mass is 79.9. The third kappa shape index (κ3) is 2.22. The fourth-order valence-electron chi connectivity index (χ4n) is 1.26. The number of H-pyrrole nitrogens is 1. The normalized spacial score (nSPS) is 10.1. The minimum atomic E-state index is -0.258. The summed E-state index contributed by atoms with van der Waals surface area (Å²) in [4.78, 5) is 11.8. The predicted molar refractivity (Wildman–Crippen MR) is 65.1 cm³/mol. The highest BCUT2D eigenvalue weighted by Gasteiger charge is 2.10. The van der Waals surface area contributed by atoms with E-state index in [2.05, 4.69) is 31.4 Å². The topological polar surface area (TPSA) is 83.8 Å². The molecule has 0 saturated heterocycles. The molecule has 0 atom stereocenters. The van der Waals surface area contributed by atoms with Crippen molar-refractivity contribution in [3.05, 3.63) is 40.6 Å². The molecule has 0 unspecified atom stereocenters. The number of nitrogens with zero attached hydrogens (tertiary/aromatic N) is 1.